The van der Waals surface area contributed by atoms with E-state index in [-0.39, 0.29) is 24.0 Å². The van der Waals surface area contributed by atoms with E-state index in [4.69, 9.17) is 4.84 Å². The van der Waals surface area contributed by atoms with Crippen LogP contribution in [0.2, 0.25) is 0 Å². The molecule has 148 valence electrons. The van der Waals surface area contributed by atoms with E-state index in [0.717, 1.165) is 10.1 Å². The normalized spacial score (nSPS) is 14.1. The molecule has 0 bridgehead atoms. The van der Waals surface area contributed by atoms with Crippen LogP contribution >= 0.6 is 11.3 Å². The summed E-state index contributed by atoms with van der Waals surface area (Å²) in [5.41, 5.74) is 1.17. The van der Waals surface area contributed by atoms with Gasteiger partial charge in [-0.15, -0.1) is 16.4 Å². The first-order valence-corrected chi connectivity index (χ1v) is 10.1. The number of fused-ring (bicyclic) bond motifs is 3. The monoisotopic (exact) mass is 418 g/mol. The van der Waals surface area contributed by atoms with E-state index in [2.05, 4.69) is 0 Å². The third kappa shape index (κ3) is 2.81. The van der Waals surface area contributed by atoms with E-state index < -0.39 is 17.8 Å². The van der Waals surface area contributed by atoms with E-state index in [1.54, 1.807) is 36.5 Å². The number of aromatic nitrogens is 1. The van der Waals surface area contributed by atoms with Gasteiger partial charge in [0.1, 0.15) is 0 Å². The summed E-state index contributed by atoms with van der Waals surface area (Å²) in [4.78, 5) is 55.3. The second-order valence-corrected chi connectivity index (χ2v) is 7.76. The summed E-state index contributed by atoms with van der Waals surface area (Å²) < 4.78 is 2.14. The Bertz CT molecular complexity index is 1390. The van der Waals surface area contributed by atoms with E-state index in [0.29, 0.717) is 21.7 Å². The molecule has 7 nitrogen and oxygen atoms in total. The number of benzene rings is 1. The summed E-state index contributed by atoms with van der Waals surface area (Å²) in [6, 6.07) is 14.1. The van der Waals surface area contributed by atoms with Gasteiger partial charge in [-0.05, 0) is 34.5 Å². The standard InChI is InChI=1S/C22H14N2O5S/c25-17-6-7-18(26)24(17)29-22(28)16-12-15(13-4-2-1-3-5-13)21(27)23-10-8-14-9-11-30-20(14)19(16)23/h1-5,8-12H,6-7H2. The molecule has 0 N–H and O–H groups in total. The van der Waals surface area contributed by atoms with Gasteiger partial charge < -0.3 is 4.84 Å². The Labute approximate surface area is 173 Å². The van der Waals surface area contributed by atoms with Crippen molar-refractivity contribution in [2.24, 2.45) is 0 Å². The smallest absolute Gasteiger partial charge is 0.325 e. The second kappa shape index (κ2) is 6.93. The minimum absolute atomic E-state index is 0.00550. The lowest BCUT2D eigenvalue weighted by atomic mass is 10.0. The number of carbonyl (C=O) groups excluding carboxylic acids is 3. The van der Waals surface area contributed by atoms with E-state index in [9.17, 15) is 19.2 Å². The zero-order chi connectivity index (χ0) is 20.8. The van der Waals surface area contributed by atoms with Crippen LogP contribution in [0, 0.1) is 0 Å². The van der Waals surface area contributed by atoms with Crippen LogP contribution in [-0.4, -0.2) is 27.2 Å². The molecule has 1 fully saturated rings. The fourth-order valence-corrected chi connectivity index (χ4v) is 4.52. The average Bonchev–Trinajstić information content (AvgIpc) is 3.36. The van der Waals surface area contributed by atoms with Crippen LogP contribution in [0.1, 0.15) is 23.2 Å². The van der Waals surface area contributed by atoms with Crippen molar-refractivity contribution in [3.05, 3.63) is 76.0 Å². The van der Waals surface area contributed by atoms with Crippen LogP contribution < -0.4 is 5.56 Å². The van der Waals surface area contributed by atoms with Gasteiger partial charge in [0.15, 0.2) is 0 Å². The number of imide groups is 1. The molecule has 0 spiro atoms. The second-order valence-electron chi connectivity index (χ2n) is 6.84. The molecule has 0 aliphatic carbocycles. The van der Waals surface area contributed by atoms with Crippen molar-refractivity contribution >= 4 is 44.7 Å². The number of hydrogen-bond donors (Lipinski definition) is 0. The van der Waals surface area contributed by atoms with Crippen molar-refractivity contribution in [3.8, 4) is 11.1 Å². The maximum atomic E-state index is 13.2. The molecule has 1 aliphatic rings. The quantitative estimate of drug-likeness (QED) is 0.476. The number of nitrogens with zero attached hydrogens (tertiary/aromatic N) is 2. The maximum Gasteiger partial charge on any atom is 0.366 e. The number of thiophene rings is 1. The van der Waals surface area contributed by atoms with Gasteiger partial charge in [-0.2, -0.15) is 0 Å². The zero-order valence-corrected chi connectivity index (χ0v) is 16.3. The number of carbonyl (C=O) groups is 3. The molecule has 8 heteroatoms. The Morgan fingerprint density at radius 2 is 1.70 bits per heavy atom. The SMILES string of the molecule is O=C(ON1C(=O)CCC1=O)c1cc(-c2ccccc2)c(=O)n2ccc3ccsc3c12. The Kier molecular flexibility index (Phi) is 4.22. The molecule has 0 atom stereocenters. The molecule has 3 aromatic heterocycles. The van der Waals surface area contributed by atoms with Gasteiger partial charge in [-0.3, -0.25) is 18.8 Å². The van der Waals surface area contributed by atoms with Crippen molar-refractivity contribution in [3.63, 3.8) is 0 Å². The predicted octanol–water partition coefficient (Wildman–Crippen LogP) is 3.40. The molecule has 0 saturated carbocycles. The van der Waals surface area contributed by atoms with Gasteiger partial charge in [-0.25, -0.2) is 4.79 Å². The molecular formula is C22H14N2O5S. The molecule has 1 saturated heterocycles. The van der Waals surface area contributed by atoms with E-state index >= 15 is 0 Å². The highest BCUT2D eigenvalue weighted by Gasteiger charge is 2.34. The van der Waals surface area contributed by atoms with E-state index in [1.807, 2.05) is 17.5 Å². The molecule has 0 radical (unpaired) electrons. The molecule has 4 aromatic rings. The number of pyridine rings is 2. The predicted molar refractivity (Wildman–Crippen MR) is 111 cm³/mol. The molecule has 2 amide bonds. The Morgan fingerprint density at radius 1 is 0.967 bits per heavy atom. The highest BCUT2D eigenvalue weighted by Crippen LogP contribution is 2.30. The van der Waals surface area contributed by atoms with Gasteiger partial charge in [0.05, 0.1) is 15.8 Å². The van der Waals surface area contributed by atoms with Crippen molar-refractivity contribution in [1.29, 1.82) is 0 Å². The van der Waals surface area contributed by atoms with Gasteiger partial charge in [0, 0.05) is 24.6 Å². The first-order valence-electron chi connectivity index (χ1n) is 9.23. The fourth-order valence-electron chi connectivity index (χ4n) is 3.58. The zero-order valence-electron chi connectivity index (χ0n) is 15.5. The fraction of sp³-hybridized carbons (Fsp3) is 0.0909. The third-order valence-electron chi connectivity index (χ3n) is 5.03. The largest absolute Gasteiger partial charge is 0.366 e. The first kappa shape index (κ1) is 18.3. The Hall–Kier alpha value is -3.78. The van der Waals surface area contributed by atoms with E-state index in [1.165, 1.54) is 21.8 Å². The van der Waals surface area contributed by atoms with Crippen LogP contribution in [0.3, 0.4) is 0 Å². The van der Waals surface area contributed by atoms with Crippen molar-refractivity contribution in [2.75, 3.05) is 0 Å². The highest BCUT2D eigenvalue weighted by atomic mass is 32.1. The van der Waals surface area contributed by atoms with Crippen molar-refractivity contribution in [2.45, 2.75) is 12.8 Å². The van der Waals surface area contributed by atoms with Crippen LogP contribution in [-0.2, 0) is 14.4 Å². The molecule has 1 aliphatic heterocycles. The van der Waals surface area contributed by atoms with Gasteiger partial charge >= 0.3 is 5.97 Å². The number of rotatable bonds is 3. The molecule has 30 heavy (non-hydrogen) atoms. The summed E-state index contributed by atoms with van der Waals surface area (Å²) in [7, 11) is 0. The van der Waals surface area contributed by atoms with Crippen LogP contribution in [0.15, 0.2) is 64.9 Å². The van der Waals surface area contributed by atoms with Gasteiger partial charge in [0.2, 0.25) is 0 Å². The third-order valence-corrected chi connectivity index (χ3v) is 5.97. The summed E-state index contributed by atoms with van der Waals surface area (Å²) in [5.74, 6) is -1.99. The lowest BCUT2D eigenvalue weighted by molar-refractivity contribution is -0.172. The summed E-state index contributed by atoms with van der Waals surface area (Å²) in [5, 5.41) is 3.25. The average molecular weight is 418 g/mol. The minimum Gasteiger partial charge on any atom is -0.325 e. The molecule has 0 unspecified atom stereocenters. The number of hydroxylamine groups is 2. The number of amides is 2. The topological polar surface area (TPSA) is 85.2 Å². The highest BCUT2D eigenvalue weighted by molar-refractivity contribution is 7.18. The van der Waals surface area contributed by atoms with Crippen LogP contribution in [0.25, 0.3) is 26.7 Å². The van der Waals surface area contributed by atoms with Crippen molar-refractivity contribution < 1.29 is 19.2 Å². The first-order chi connectivity index (χ1) is 14.5. The Morgan fingerprint density at radius 3 is 2.43 bits per heavy atom. The molecule has 5 rings (SSSR count). The molecule has 1 aromatic carbocycles. The van der Waals surface area contributed by atoms with Crippen molar-refractivity contribution in [1.82, 2.24) is 9.46 Å². The van der Waals surface area contributed by atoms with Crippen LogP contribution in [0.4, 0.5) is 0 Å². The summed E-state index contributed by atoms with van der Waals surface area (Å²) >= 11 is 1.39. The van der Waals surface area contributed by atoms with Crippen LogP contribution in [0.5, 0.6) is 0 Å². The molecular weight excluding hydrogens is 404 g/mol. The maximum absolute atomic E-state index is 13.2. The van der Waals surface area contributed by atoms with Gasteiger partial charge in [-0.1, -0.05) is 30.3 Å². The lowest BCUT2D eigenvalue weighted by Gasteiger charge is -2.15. The number of hydrogen-bond acceptors (Lipinski definition) is 6. The minimum atomic E-state index is -0.866. The van der Waals surface area contributed by atoms with Gasteiger partial charge in [0.25, 0.3) is 17.4 Å². The summed E-state index contributed by atoms with van der Waals surface area (Å²) in [6.07, 6.45) is 1.62. The molecule has 4 heterocycles. The Balaban J connectivity index is 1.76. The summed E-state index contributed by atoms with van der Waals surface area (Å²) in [6.45, 7) is 0. The lowest BCUT2D eigenvalue weighted by Crippen LogP contribution is -2.32.